The number of hydrogen-bond acceptors (Lipinski definition) is 5. The quantitative estimate of drug-likeness (QED) is 0.871. The lowest BCUT2D eigenvalue weighted by Gasteiger charge is -2.22. The molecule has 0 spiro atoms. The number of benzene rings is 1. The second-order valence-corrected chi connectivity index (χ2v) is 5.04. The fourth-order valence-corrected chi connectivity index (χ4v) is 1.69. The molecule has 21 heavy (non-hydrogen) atoms. The van der Waals surface area contributed by atoms with Gasteiger partial charge in [0.05, 0.1) is 5.54 Å². The summed E-state index contributed by atoms with van der Waals surface area (Å²) in [5, 5.41) is 6.69. The van der Waals surface area contributed by atoms with E-state index in [1.54, 1.807) is 13.8 Å². The molecular formula is C13H14F2N4O2. The molecule has 3 N–H and O–H groups in total. The van der Waals surface area contributed by atoms with Crippen LogP contribution in [0.2, 0.25) is 0 Å². The van der Waals surface area contributed by atoms with Crippen molar-refractivity contribution in [1.82, 2.24) is 15.5 Å². The van der Waals surface area contributed by atoms with Crippen LogP contribution in [0, 0.1) is 11.6 Å². The highest BCUT2D eigenvalue weighted by atomic mass is 19.1. The number of nitrogens with one attached hydrogen (secondary N) is 1. The van der Waals surface area contributed by atoms with E-state index in [0.29, 0.717) is 5.56 Å². The first-order valence-corrected chi connectivity index (χ1v) is 6.12. The van der Waals surface area contributed by atoms with Crippen molar-refractivity contribution in [2.45, 2.75) is 25.9 Å². The van der Waals surface area contributed by atoms with Gasteiger partial charge in [0, 0.05) is 12.6 Å². The van der Waals surface area contributed by atoms with Gasteiger partial charge >= 0.3 is 11.8 Å². The van der Waals surface area contributed by atoms with E-state index in [9.17, 15) is 13.6 Å². The number of carbonyl (C=O) groups excluding carboxylic acids is 1. The average Bonchev–Trinajstić information content (AvgIpc) is 2.86. The SMILES string of the molecule is CC(C)(NCc1cc(F)cc(F)c1)c1noc(C(N)=O)n1. The predicted octanol–water partition coefficient (Wildman–Crippen LogP) is 1.47. The summed E-state index contributed by atoms with van der Waals surface area (Å²) in [6.45, 7) is 3.65. The first-order chi connectivity index (χ1) is 9.78. The number of amides is 1. The van der Waals surface area contributed by atoms with Crippen LogP contribution in [0.1, 0.15) is 35.9 Å². The highest BCUT2D eigenvalue weighted by molar-refractivity contribution is 5.87. The molecule has 1 aromatic carbocycles. The molecular weight excluding hydrogens is 282 g/mol. The Morgan fingerprint density at radius 2 is 1.95 bits per heavy atom. The van der Waals surface area contributed by atoms with Gasteiger partial charge in [-0.05, 0) is 31.5 Å². The predicted molar refractivity (Wildman–Crippen MR) is 69.0 cm³/mol. The summed E-state index contributed by atoms with van der Waals surface area (Å²) in [4.78, 5) is 14.8. The molecule has 1 heterocycles. The van der Waals surface area contributed by atoms with Gasteiger partial charge in [0.15, 0.2) is 5.82 Å². The molecule has 0 aliphatic rings. The fourth-order valence-electron chi connectivity index (χ4n) is 1.69. The molecule has 0 saturated heterocycles. The largest absolute Gasteiger partial charge is 0.361 e. The summed E-state index contributed by atoms with van der Waals surface area (Å²) < 4.78 is 30.9. The molecule has 0 atom stereocenters. The zero-order valence-corrected chi connectivity index (χ0v) is 11.5. The maximum atomic E-state index is 13.1. The maximum Gasteiger partial charge on any atom is 0.315 e. The summed E-state index contributed by atoms with van der Waals surface area (Å²) in [6, 6.07) is 3.24. The van der Waals surface area contributed by atoms with E-state index in [0.717, 1.165) is 6.07 Å². The molecule has 0 fully saturated rings. The lowest BCUT2D eigenvalue weighted by Crippen LogP contribution is -2.37. The number of halogens is 2. The summed E-state index contributed by atoms with van der Waals surface area (Å²) in [5.41, 5.74) is 4.68. The van der Waals surface area contributed by atoms with Gasteiger partial charge in [-0.2, -0.15) is 4.98 Å². The molecule has 0 bridgehead atoms. The minimum Gasteiger partial charge on any atom is -0.361 e. The third kappa shape index (κ3) is 3.60. The van der Waals surface area contributed by atoms with Crippen molar-refractivity contribution in [2.75, 3.05) is 0 Å². The van der Waals surface area contributed by atoms with Crippen molar-refractivity contribution < 1.29 is 18.1 Å². The molecule has 1 aromatic heterocycles. The molecule has 112 valence electrons. The van der Waals surface area contributed by atoms with E-state index in [4.69, 9.17) is 10.3 Å². The summed E-state index contributed by atoms with van der Waals surface area (Å²) in [6.07, 6.45) is 0. The number of carbonyl (C=O) groups is 1. The molecule has 8 heteroatoms. The maximum absolute atomic E-state index is 13.1. The zero-order valence-electron chi connectivity index (χ0n) is 11.5. The zero-order chi connectivity index (χ0) is 15.6. The first kappa shape index (κ1) is 15.0. The second-order valence-electron chi connectivity index (χ2n) is 5.04. The molecule has 0 unspecified atom stereocenters. The standard InChI is InChI=1S/C13H14F2N4O2/c1-13(2,12-18-11(10(16)20)21-19-12)17-6-7-3-8(14)5-9(15)4-7/h3-5,17H,6H2,1-2H3,(H2,16,20). The van der Waals surface area contributed by atoms with Gasteiger partial charge in [0.25, 0.3) is 0 Å². The smallest absolute Gasteiger partial charge is 0.315 e. The van der Waals surface area contributed by atoms with E-state index in [1.807, 2.05) is 0 Å². The molecule has 0 aliphatic carbocycles. The van der Waals surface area contributed by atoms with Gasteiger partial charge in [-0.25, -0.2) is 8.78 Å². The lowest BCUT2D eigenvalue weighted by molar-refractivity contribution is 0.0958. The Labute approximate surface area is 119 Å². The van der Waals surface area contributed by atoms with Gasteiger partial charge in [0.2, 0.25) is 0 Å². The minimum atomic E-state index is -0.822. The van der Waals surface area contributed by atoms with Crippen LogP contribution in [0.25, 0.3) is 0 Å². The van der Waals surface area contributed by atoms with Crippen molar-refractivity contribution in [3.8, 4) is 0 Å². The highest BCUT2D eigenvalue weighted by Gasteiger charge is 2.27. The number of primary amides is 1. The van der Waals surface area contributed by atoms with Gasteiger partial charge in [-0.15, -0.1) is 0 Å². The Hall–Kier alpha value is -2.35. The Balaban J connectivity index is 2.11. The normalized spacial score (nSPS) is 11.6. The van der Waals surface area contributed by atoms with E-state index in [1.165, 1.54) is 12.1 Å². The van der Waals surface area contributed by atoms with Crippen LogP contribution in [0.5, 0.6) is 0 Å². The molecule has 6 nitrogen and oxygen atoms in total. The van der Waals surface area contributed by atoms with E-state index in [2.05, 4.69) is 15.5 Å². The van der Waals surface area contributed by atoms with Crippen LogP contribution in [0.15, 0.2) is 22.7 Å². The number of rotatable bonds is 5. The van der Waals surface area contributed by atoms with Crippen LogP contribution in [-0.4, -0.2) is 16.0 Å². The number of nitrogens with zero attached hydrogens (tertiary/aromatic N) is 2. The van der Waals surface area contributed by atoms with Crippen molar-refractivity contribution in [1.29, 1.82) is 0 Å². The van der Waals surface area contributed by atoms with Crippen molar-refractivity contribution >= 4 is 5.91 Å². The molecule has 0 radical (unpaired) electrons. The summed E-state index contributed by atoms with van der Waals surface area (Å²) >= 11 is 0. The number of aromatic nitrogens is 2. The van der Waals surface area contributed by atoms with Gasteiger partial charge in [0.1, 0.15) is 11.6 Å². The van der Waals surface area contributed by atoms with Gasteiger partial charge < -0.3 is 15.6 Å². The molecule has 0 aliphatic heterocycles. The number of nitrogens with two attached hydrogens (primary N) is 1. The van der Waals surface area contributed by atoms with Crippen LogP contribution in [0.3, 0.4) is 0 Å². The average molecular weight is 296 g/mol. The molecule has 0 saturated carbocycles. The lowest BCUT2D eigenvalue weighted by atomic mass is 10.0. The van der Waals surface area contributed by atoms with Gasteiger partial charge in [-0.3, -0.25) is 4.79 Å². The van der Waals surface area contributed by atoms with Crippen molar-refractivity contribution in [3.63, 3.8) is 0 Å². The monoisotopic (exact) mass is 296 g/mol. The number of hydrogen-bond donors (Lipinski definition) is 2. The Morgan fingerprint density at radius 1 is 1.33 bits per heavy atom. The highest BCUT2D eigenvalue weighted by Crippen LogP contribution is 2.18. The summed E-state index contributed by atoms with van der Waals surface area (Å²) in [5.74, 6) is -2.21. The third-order valence-corrected chi connectivity index (χ3v) is 2.85. The van der Waals surface area contributed by atoms with Crippen LogP contribution in [0.4, 0.5) is 8.78 Å². The molecule has 1 amide bonds. The van der Waals surface area contributed by atoms with E-state index in [-0.39, 0.29) is 18.3 Å². The Morgan fingerprint density at radius 3 is 2.48 bits per heavy atom. The molecule has 2 aromatic rings. The van der Waals surface area contributed by atoms with E-state index < -0.39 is 23.1 Å². The fraction of sp³-hybridized carbons (Fsp3) is 0.308. The van der Waals surface area contributed by atoms with Crippen LogP contribution >= 0.6 is 0 Å². The molecule has 2 rings (SSSR count). The van der Waals surface area contributed by atoms with Gasteiger partial charge in [-0.1, -0.05) is 5.16 Å². The first-order valence-electron chi connectivity index (χ1n) is 6.12. The Bertz CT molecular complexity index is 650. The second kappa shape index (κ2) is 5.57. The van der Waals surface area contributed by atoms with Crippen molar-refractivity contribution in [3.05, 3.63) is 47.1 Å². The summed E-state index contributed by atoms with van der Waals surface area (Å²) in [7, 11) is 0. The minimum absolute atomic E-state index is 0.183. The van der Waals surface area contributed by atoms with Crippen molar-refractivity contribution in [2.24, 2.45) is 5.73 Å². The third-order valence-electron chi connectivity index (χ3n) is 2.85. The van der Waals surface area contributed by atoms with E-state index >= 15 is 0 Å². The Kier molecular flexibility index (Phi) is 3.99. The van der Waals surface area contributed by atoms with Crippen LogP contribution < -0.4 is 11.1 Å². The topological polar surface area (TPSA) is 94.0 Å². The van der Waals surface area contributed by atoms with Crippen LogP contribution in [-0.2, 0) is 12.1 Å².